The number of rotatable bonds is 7. The Hall–Kier alpha value is -0.910. The van der Waals surface area contributed by atoms with Gasteiger partial charge in [-0.1, -0.05) is 0 Å². The molecule has 0 fully saturated rings. The van der Waals surface area contributed by atoms with E-state index in [9.17, 15) is 0 Å². The molecule has 2 heterocycles. The molecule has 0 radical (unpaired) electrons. The van der Waals surface area contributed by atoms with Crippen LogP contribution in [-0.2, 0) is 11.3 Å². The van der Waals surface area contributed by atoms with Crippen LogP contribution >= 0.6 is 11.3 Å². The molecule has 0 aliphatic rings. The van der Waals surface area contributed by atoms with Crippen molar-refractivity contribution in [3.63, 3.8) is 0 Å². The normalized spacial score (nSPS) is 11.8. The molecular formula is C13H21N3OS. The number of nitrogens with zero attached hydrogens (tertiary/aromatic N) is 2. The van der Waals surface area contributed by atoms with Crippen molar-refractivity contribution in [1.82, 2.24) is 14.7 Å². The average molecular weight is 267 g/mol. The van der Waals surface area contributed by atoms with Crippen molar-refractivity contribution in [2.24, 2.45) is 0 Å². The summed E-state index contributed by atoms with van der Waals surface area (Å²) < 4.78 is 7.67. The van der Waals surface area contributed by atoms with E-state index < -0.39 is 0 Å². The maximum absolute atomic E-state index is 5.50. The van der Waals surface area contributed by atoms with Crippen LogP contribution in [0.4, 0.5) is 0 Å². The summed E-state index contributed by atoms with van der Waals surface area (Å²) in [5.41, 5.74) is 2.38. The standard InChI is InChI=1S/C13H21N3OS/c1-10(2)17-7-4-5-14-9-12-11(3)15-13-16(12)6-8-18-13/h6,8,10,14H,4-5,7,9H2,1-3H3. The molecule has 0 unspecified atom stereocenters. The van der Waals surface area contributed by atoms with Gasteiger partial charge in [0.25, 0.3) is 0 Å². The second-order valence-corrected chi connectivity index (χ2v) is 5.52. The van der Waals surface area contributed by atoms with Crippen LogP contribution in [0.2, 0.25) is 0 Å². The summed E-state index contributed by atoms with van der Waals surface area (Å²) >= 11 is 1.68. The number of nitrogens with one attached hydrogen (secondary N) is 1. The Balaban J connectivity index is 1.76. The van der Waals surface area contributed by atoms with Gasteiger partial charge in [0.2, 0.25) is 0 Å². The van der Waals surface area contributed by atoms with E-state index in [0.717, 1.165) is 36.8 Å². The van der Waals surface area contributed by atoms with Gasteiger partial charge in [-0.15, -0.1) is 11.3 Å². The lowest BCUT2D eigenvalue weighted by Crippen LogP contribution is -2.18. The smallest absolute Gasteiger partial charge is 0.194 e. The molecule has 0 saturated carbocycles. The van der Waals surface area contributed by atoms with E-state index in [-0.39, 0.29) is 0 Å². The Labute approximate surface area is 112 Å². The summed E-state index contributed by atoms with van der Waals surface area (Å²) in [5, 5.41) is 5.52. The number of imidazole rings is 1. The van der Waals surface area contributed by atoms with Gasteiger partial charge in [0.1, 0.15) is 0 Å². The van der Waals surface area contributed by atoms with Gasteiger partial charge in [-0.2, -0.15) is 0 Å². The third-order valence-corrected chi connectivity index (χ3v) is 3.56. The average Bonchev–Trinajstić information content (AvgIpc) is 2.85. The van der Waals surface area contributed by atoms with E-state index in [1.807, 2.05) is 0 Å². The van der Waals surface area contributed by atoms with Crippen LogP contribution in [0, 0.1) is 6.92 Å². The lowest BCUT2D eigenvalue weighted by molar-refractivity contribution is 0.0770. The van der Waals surface area contributed by atoms with Crippen molar-refractivity contribution in [3.05, 3.63) is 23.0 Å². The van der Waals surface area contributed by atoms with Crippen LogP contribution in [0.15, 0.2) is 11.6 Å². The van der Waals surface area contributed by atoms with Crippen LogP contribution in [0.25, 0.3) is 4.96 Å². The van der Waals surface area contributed by atoms with E-state index in [2.05, 4.69) is 47.0 Å². The Bertz CT molecular complexity index is 489. The third-order valence-electron chi connectivity index (χ3n) is 2.80. The van der Waals surface area contributed by atoms with E-state index in [1.54, 1.807) is 11.3 Å². The van der Waals surface area contributed by atoms with Crippen molar-refractivity contribution >= 4 is 16.3 Å². The van der Waals surface area contributed by atoms with Gasteiger partial charge in [-0.3, -0.25) is 4.40 Å². The monoisotopic (exact) mass is 267 g/mol. The van der Waals surface area contributed by atoms with Crippen LogP contribution in [0.5, 0.6) is 0 Å². The van der Waals surface area contributed by atoms with E-state index in [1.165, 1.54) is 5.69 Å². The Morgan fingerprint density at radius 2 is 2.33 bits per heavy atom. The predicted octanol–water partition coefficient (Wildman–Crippen LogP) is 2.61. The van der Waals surface area contributed by atoms with E-state index >= 15 is 0 Å². The van der Waals surface area contributed by atoms with Gasteiger partial charge in [0.05, 0.1) is 17.5 Å². The molecule has 0 aliphatic heterocycles. The maximum Gasteiger partial charge on any atom is 0.194 e. The fraction of sp³-hybridized carbons (Fsp3) is 0.615. The fourth-order valence-electron chi connectivity index (χ4n) is 1.88. The van der Waals surface area contributed by atoms with Crippen LogP contribution < -0.4 is 5.32 Å². The molecule has 18 heavy (non-hydrogen) atoms. The molecule has 1 N–H and O–H groups in total. The first kappa shape index (κ1) is 13.5. The lowest BCUT2D eigenvalue weighted by atomic mass is 10.3. The predicted molar refractivity (Wildman–Crippen MR) is 75.2 cm³/mol. The first-order valence-electron chi connectivity index (χ1n) is 6.42. The Kier molecular flexibility index (Phi) is 4.74. The molecule has 0 spiro atoms. The summed E-state index contributed by atoms with van der Waals surface area (Å²) in [4.78, 5) is 5.60. The van der Waals surface area contributed by atoms with Crippen LogP contribution in [0.3, 0.4) is 0 Å². The number of fused-ring (bicyclic) bond motifs is 1. The van der Waals surface area contributed by atoms with Crippen molar-refractivity contribution < 1.29 is 4.74 Å². The molecule has 0 saturated heterocycles. The van der Waals surface area contributed by atoms with Gasteiger partial charge in [0, 0.05) is 24.7 Å². The molecular weight excluding hydrogens is 246 g/mol. The topological polar surface area (TPSA) is 38.6 Å². The van der Waals surface area contributed by atoms with Gasteiger partial charge >= 0.3 is 0 Å². The summed E-state index contributed by atoms with van der Waals surface area (Å²) in [6.45, 7) is 8.87. The molecule has 0 bridgehead atoms. The summed E-state index contributed by atoms with van der Waals surface area (Å²) in [5.74, 6) is 0. The molecule has 2 aromatic rings. The highest BCUT2D eigenvalue weighted by atomic mass is 32.1. The highest BCUT2D eigenvalue weighted by Crippen LogP contribution is 2.16. The van der Waals surface area contributed by atoms with Crippen molar-refractivity contribution in [3.8, 4) is 0 Å². The quantitative estimate of drug-likeness (QED) is 0.784. The first-order valence-corrected chi connectivity index (χ1v) is 7.30. The molecule has 2 rings (SSSR count). The molecule has 100 valence electrons. The number of aryl methyl sites for hydroxylation is 1. The number of hydrogen-bond acceptors (Lipinski definition) is 4. The van der Waals surface area contributed by atoms with Crippen LogP contribution in [-0.4, -0.2) is 28.6 Å². The largest absolute Gasteiger partial charge is 0.379 e. The first-order chi connectivity index (χ1) is 8.68. The van der Waals surface area contributed by atoms with Gasteiger partial charge < -0.3 is 10.1 Å². The molecule has 0 aliphatic carbocycles. The van der Waals surface area contributed by atoms with Crippen LogP contribution in [0.1, 0.15) is 31.7 Å². The molecule has 4 nitrogen and oxygen atoms in total. The molecule has 5 heteroatoms. The number of thiazole rings is 1. The lowest BCUT2D eigenvalue weighted by Gasteiger charge is -2.08. The number of hydrogen-bond donors (Lipinski definition) is 1. The number of aromatic nitrogens is 2. The Morgan fingerprint density at radius 1 is 1.50 bits per heavy atom. The summed E-state index contributed by atoms with van der Waals surface area (Å²) in [6, 6.07) is 0. The van der Waals surface area contributed by atoms with E-state index in [4.69, 9.17) is 4.74 Å². The molecule has 0 aromatic carbocycles. The second-order valence-electron chi connectivity index (χ2n) is 4.65. The fourth-order valence-corrected chi connectivity index (χ4v) is 2.66. The van der Waals surface area contributed by atoms with Gasteiger partial charge in [0.15, 0.2) is 4.96 Å². The molecule has 2 aromatic heterocycles. The summed E-state index contributed by atoms with van der Waals surface area (Å²) in [7, 11) is 0. The molecule has 0 amide bonds. The zero-order chi connectivity index (χ0) is 13.0. The van der Waals surface area contributed by atoms with Gasteiger partial charge in [-0.25, -0.2) is 4.98 Å². The third kappa shape index (κ3) is 3.31. The maximum atomic E-state index is 5.50. The van der Waals surface area contributed by atoms with Crippen molar-refractivity contribution in [2.45, 2.75) is 39.8 Å². The van der Waals surface area contributed by atoms with Gasteiger partial charge in [-0.05, 0) is 33.7 Å². The highest BCUT2D eigenvalue weighted by molar-refractivity contribution is 7.15. The van der Waals surface area contributed by atoms with E-state index in [0.29, 0.717) is 6.10 Å². The number of ether oxygens (including phenoxy) is 1. The summed E-state index contributed by atoms with van der Waals surface area (Å²) in [6.07, 6.45) is 3.45. The van der Waals surface area contributed by atoms with Crippen molar-refractivity contribution in [2.75, 3.05) is 13.2 Å². The second kappa shape index (κ2) is 6.31. The molecule has 0 atom stereocenters. The zero-order valence-electron chi connectivity index (χ0n) is 11.3. The minimum atomic E-state index is 0.326. The zero-order valence-corrected chi connectivity index (χ0v) is 12.1. The Morgan fingerprint density at radius 3 is 3.11 bits per heavy atom. The van der Waals surface area contributed by atoms with Crippen molar-refractivity contribution in [1.29, 1.82) is 0 Å². The highest BCUT2D eigenvalue weighted by Gasteiger charge is 2.08. The minimum Gasteiger partial charge on any atom is -0.379 e. The minimum absolute atomic E-state index is 0.326. The SMILES string of the molecule is Cc1nc2sccn2c1CNCCCOC(C)C.